The van der Waals surface area contributed by atoms with Gasteiger partial charge >= 0.3 is 0 Å². The van der Waals surface area contributed by atoms with Crippen molar-refractivity contribution in [2.24, 2.45) is 0 Å². The molecule has 1 aliphatic rings. The SMILES string of the molecule is Cc1ccc(F)cc1NC(=O)CN(Cc1ccco1)C1CCS(=O)(=O)C1. The zero-order valence-electron chi connectivity index (χ0n) is 14.4. The number of nitrogens with one attached hydrogen (secondary N) is 1. The van der Waals surface area contributed by atoms with Crippen molar-refractivity contribution < 1.29 is 22.0 Å². The maximum Gasteiger partial charge on any atom is 0.238 e. The molecule has 1 amide bonds. The Morgan fingerprint density at radius 1 is 1.38 bits per heavy atom. The Bertz CT molecular complexity index is 881. The van der Waals surface area contributed by atoms with Gasteiger partial charge in [0.2, 0.25) is 5.91 Å². The number of carbonyl (C=O) groups excluding carboxylic acids is 1. The van der Waals surface area contributed by atoms with Crippen LogP contribution in [0, 0.1) is 12.7 Å². The van der Waals surface area contributed by atoms with E-state index >= 15 is 0 Å². The first kappa shape index (κ1) is 18.6. The molecule has 1 aromatic carbocycles. The molecule has 1 fully saturated rings. The van der Waals surface area contributed by atoms with Gasteiger partial charge in [-0.25, -0.2) is 12.8 Å². The molecule has 8 heteroatoms. The van der Waals surface area contributed by atoms with Crippen molar-refractivity contribution in [2.45, 2.75) is 25.9 Å². The molecule has 2 heterocycles. The van der Waals surface area contributed by atoms with E-state index in [1.807, 2.05) is 0 Å². The minimum Gasteiger partial charge on any atom is -0.468 e. The van der Waals surface area contributed by atoms with Crippen molar-refractivity contribution >= 4 is 21.4 Å². The van der Waals surface area contributed by atoms with Crippen LogP contribution in [-0.4, -0.2) is 43.3 Å². The van der Waals surface area contributed by atoms with E-state index in [0.29, 0.717) is 24.4 Å². The average molecular weight is 380 g/mol. The van der Waals surface area contributed by atoms with Gasteiger partial charge in [-0.2, -0.15) is 0 Å². The van der Waals surface area contributed by atoms with E-state index < -0.39 is 15.7 Å². The molecule has 0 radical (unpaired) electrons. The molecular weight excluding hydrogens is 359 g/mol. The summed E-state index contributed by atoms with van der Waals surface area (Å²) in [5.41, 5.74) is 1.16. The standard InChI is InChI=1S/C18H21FN2O4S/c1-13-4-5-14(19)9-17(13)20-18(22)11-21(10-16-3-2-7-25-16)15-6-8-26(23,24)12-15/h2-5,7,9,15H,6,8,10-12H2,1H3,(H,20,22). The normalized spacial score (nSPS) is 19.0. The fourth-order valence-corrected chi connectivity index (χ4v) is 4.84. The maximum atomic E-state index is 13.4. The largest absolute Gasteiger partial charge is 0.468 e. The summed E-state index contributed by atoms with van der Waals surface area (Å²) in [4.78, 5) is 14.3. The molecule has 140 valence electrons. The van der Waals surface area contributed by atoms with E-state index in [4.69, 9.17) is 4.42 Å². The maximum absolute atomic E-state index is 13.4. The fourth-order valence-electron chi connectivity index (χ4n) is 3.08. The zero-order chi connectivity index (χ0) is 18.7. The van der Waals surface area contributed by atoms with E-state index in [-0.39, 0.29) is 30.0 Å². The van der Waals surface area contributed by atoms with E-state index in [2.05, 4.69) is 5.32 Å². The summed E-state index contributed by atoms with van der Waals surface area (Å²) in [5, 5.41) is 2.70. The summed E-state index contributed by atoms with van der Waals surface area (Å²) >= 11 is 0. The van der Waals surface area contributed by atoms with Crippen molar-refractivity contribution in [3.8, 4) is 0 Å². The number of hydrogen-bond acceptors (Lipinski definition) is 5. The second kappa shape index (κ2) is 7.59. The van der Waals surface area contributed by atoms with Crippen LogP contribution in [0.25, 0.3) is 0 Å². The lowest BCUT2D eigenvalue weighted by Gasteiger charge is -2.26. The molecule has 1 atom stereocenters. The van der Waals surface area contributed by atoms with E-state index in [1.165, 1.54) is 18.4 Å². The third kappa shape index (κ3) is 4.70. The van der Waals surface area contributed by atoms with Crippen LogP contribution in [0.2, 0.25) is 0 Å². The highest BCUT2D eigenvalue weighted by Gasteiger charge is 2.33. The molecule has 1 N–H and O–H groups in total. The molecule has 6 nitrogen and oxygen atoms in total. The number of rotatable bonds is 6. The molecule has 0 bridgehead atoms. The monoisotopic (exact) mass is 380 g/mol. The van der Waals surface area contributed by atoms with Crippen LogP contribution in [0.1, 0.15) is 17.7 Å². The van der Waals surface area contributed by atoms with Crippen molar-refractivity contribution in [2.75, 3.05) is 23.4 Å². The van der Waals surface area contributed by atoms with Crippen LogP contribution in [0.3, 0.4) is 0 Å². The molecule has 1 aliphatic heterocycles. The second-order valence-electron chi connectivity index (χ2n) is 6.55. The predicted molar refractivity (Wildman–Crippen MR) is 95.9 cm³/mol. The van der Waals surface area contributed by atoms with Gasteiger partial charge in [-0.05, 0) is 43.2 Å². The lowest BCUT2D eigenvalue weighted by Crippen LogP contribution is -2.41. The summed E-state index contributed by atoms with van der Waals surface area (Å²) in [6.45, 7) is 2.11. The smallest absolute Gasteiger partial charge is 0.238 e. The molecule has 0 aliphatic carbocycles. The van der Waals surface area contributed by atoms with Crippen molar-refractivity contribution in [1.82, 2.24) is 4.90 Å². The van der Waals surface area contributed by atoms with Gasteiger partial charge in [0.05, 0.1) is 30.9 Å². The molecule has 3 rings (SSSR count). The van der Waals surface area contributed by atoms with Crippen LogP contribution in [0.5, 0.6) is 0 Å². The van der Waals surface area contributed by atoms with Gasteiger partial charge in [-0.1, -0.05) is 6.07 Å². The second-order valence-corrected chi connectivity index (χ2v) is 8.78. The number of carbonyl (C=O) groups is 1. The molecule has 1 aromatic heterocycles. The Hall–Kier alpha value is -2.19. The molecule has 1 unspecified atom stereocenters. The number of nitrogens with zero attached hydrogens (tertiary/aromatic N) is 1. The summed E-state index contributed by atoms with van der Waals surface area (Å²) in [7, 11) is -3.08. The lowest BCUT2D eigenvalue weighted by molar-refractivity contribution is -0.118. The lowest BCUT2D eigenvalue weighted by atomic mass is 10.2. The van der Waals surface area contributed by atoms with Gasteiger partial charge < -0.3 is 9.73 Å². The van der Waals surface area contributed by atoms with Crippen molar-refractivity contribution in [3.05, 3.63) is 53.7 Å². The Morgan fingerprint density at radius 3 is 2.85 bits per heavy atom. The Balaban J connectivity index is 1.72. The van der Waals surface area contributed by atoms with E-state index in [9.17, 15) is 17.6 Å². The number of sulfone groups is 1. The summed E-state index contributed by atoms with van der Waals surface area (Å²) in [6.07, 6.45) is 2.02. The number of furan rings is 1. The fraction of sp³-hybridized carbons (Fsp3) is 0.389. The van der Waals surface area contributed by atoms with Crippen LogP contribution in [0.15, 0.2) is 41.0 Å². The molecule has 0 saturated carbocycles. The Labute approximate surface area is 151 Å². The van der Waals surface area contributed by atoms with Gasteiger partial charge in [0, 0.05) is 11.7 Å². The minimum atomic E-state index is -3.08. The first-order valence-corrected chi connectivity index (χ1v) is 10.2. The number of anilines is 1. The van der Waals surface area contributed by atoms with Crippen LogP contribution in [-0.2, 0) is 21.2 Å². The van der Waals surface area contributed by atoms with Gasteiger partial charge in [-0.3, -0.25) is 9.69 Å². The van der Waals surface area contributed by atoms with Gasteiger partial charge in [0.25, 0.3) is 0 Å². The number of amides is 1. The van der Waals surface area contributed by atoms with Gasteiger partial charge in [0.15, 0.2) is 9.84 Å². The molecular formula is C18H21FN2O4S. The van der Waals surface area contributed by atoms with Crippen molar-refractivity contribution in [3.63, 3.8) is 0 Å². The molecule has 26 heavy (non-hydrogen) atoms. The third-order valence-electron chi connectivity index (χ3n) is 4.48. The van der Waals surface area contributed by atoms with Crippen molar-refractivity contribution in [1.29, 1.82) is 0 Å². The zero-order valence-corrected chi connectivity index (χ0v) is 15.3. The van der Waals surface area contributed by atoms with E-state index in [1.54, 1.807) is 30.0 Å². The summed E-state index contributed by atoms with van der Waals surface area (Å²) in [5.74, 6) is 0.0514. The van der Waals surface area contributed by atoms with E-state index in [0.717, 1.165) is 5.56 Å². The Kier molecular flexibility index (Phi) is 5.43. The number of benzene rings is 1. The first-order valence-electron chi connectivity index (χ1n) is 8.35. The number of halogens is 1. The van der Waals surface area contributed by atoms with Crippen LogP contribution in [0.4, 0.5) is 10.1 Å². The van der Waals surface area contributed by atoms with Gasteiger partial charge in [0.1, 0.15) is 11.6 Å². The minimum absolute atomic E-state index is 0.00313. The highest BCUT2D eigenvalue weighted by atomic mass is 32.2. The number of hydrogen-bond donors (Lipinski definition) is 1. The number of aryl methyl sites for hydroxylation is 1. The molecule has 2 aromatic rings. The highest BCUT2D eigenvalue weighted by Crippen LogP contribution is 2.21. The molecule has 0 spiro atoms. The average Bonchev–Trinajstić information content (AvgIpc) is 3.19. The van der Waals surface area contributed by atoms with Gasteiger partial charge in [-0.15, -0.1) is 0 Å². The predicted octanol–water partition coefficient (Wildman–Crippen LogP) is 2.35. The summed E-state index contributed by atoms with van der Waals surface area (Å²) < 4.78 is 42.4. The third-order valence-corrected chi connectivity index (χ3v) is 6.23. The topological polar surface area (TPSA) is 79.6 Å². The van der Waals surface area contributed by atoms with Crippen LogP contribution >= 0.6 is 0 Å². The highest BCUT2D eigenvalue weighted by molar-refractivity contribution is 7.91. The first-order chi connectivity index (χ1) is 12.3. The summed E-state index contributed by atoms with van der Waals surface area (Å²) in [6, 6.07) is 7.47. The Morgan fingerprint density at radius 2 is 2.19 bits per heavy atom. The molecule has 1 saturated heterocycles. The quantitative estimate of drug-likeness (QED) is 0.832. The van der Waals surface area contributed by atoms with Crippen LogP contribution < -0.4 is 5.32 Å².